The van der Waals surface area contributed by atoms with Gasteiger partial charge in [-0.05, 0) is 80.5 Å². The first-order chi connectivity index (χ1) is 34.7. The second-order valence-electron chi connectivity index (χ2n) is 16.7. The average molecular weight is 1040 g/mol. The molecule has 1 heterocycles. The molecular formula is C56H76F3N4O11+. The maximum atomic E-state index is 11.4. The van der Waals surface area contributed by atoms with E-state index in [2.05, 4.69) is 183 Å². The van der Waals surface area contributed by atoms with Crippen molar-refractivity contribution < 1.29 is 71.7 Å². The van der Waals surface area contributed by atoms with Gasteiger partial charge in [0.1, 0.15) is 6.29 Å². The van der Waals surface area contributed by atoms with Gasteiger partial charge in [0, 0.05) is 55.6 Å². The lowest BCUT2D eigenvalue weighted by Crippen LogP contribution is -2.31. The van der Waals surface area contributed by atoms with Crippen molar-refractivity contribution in [3.63, 3.8) is 0 Å². The van der Waals surface area contributed by atoms with Gasteiger partial charge in [-0.2, -0.15) is 4.58 Å². The molecule has 15 nitrogen and oxygen atoms in total. The average Bonchev–Trinajstić information content (AvgIpc) is 3.56. The molecule has 0 fully saturated rings. The van der Waals surface area contributed by atoms with Gasteiger partial charge in [0.15, 0.2) is 12.3 Å². The molecule has 0 atom stereocenters. The van der Waals surface area contributed by atoms with Gasteiger partial charge in [0.25, 0.3) is 5.97 Å². The summed E-state index contributed by atoms with van der Waals surface area (Å²) >= 11 is 0. The zero-order valence-corrected chi connectivity index (χ0v) is 44.4. The van der Waals surface area contributed by atoms with Crippen LogP contribution in [0.1, 0.15) is 106 Å². The molecule has 0 saturated carbocycles. The third kappa shape index (κ3) is 25.3. The zero-order chi connectivity index (χ0) is 57.2. The van der Waals surface area contributed by atoms with Crippen molar-refractivity contribution in [1.29, 1.82) is 0 Å². The van der Waals surface area contributed by atoms with E-state index in [0.717, 1.165) is 26.2 Å². The molecule has 0 aliphatic carbocycles. The van der Waals surface area contributed by atoms with Crippen molar-refractivity contribution in [2.24, 2.45) is 11.5 Å². The molecule has 0 saturated heterocycles. The molecule has 406 valence electrons. The summed E-state index contributed by atoms with van der Waals surface area (Å²) in [6.45, 7) is 18.5. The molecule has 0 spiro atoms. The monoisotopic (exact) mass is 1040 g/mol. The summed E-state index contributed by atoms with van der Waals surface area (Å²) in [6, 6.07) is 28.3. The van der Waals surface area contributed by atoms with Crippen LogP contribution in [0.25, 0.3) is 21.5 Å². The van der Waals surface area contributed by atoms with Gasteiger partial charge in [0.05, 0.1) is 24.7 Å². The number of carbonyl (C=O) groups excluding carboxylic acids is 2. The van der Waals surface area contributed by atoms with Gasteiger partial charge >= 0.3 is 30.2 Å². The maximum absolute atomic E-state index is 11.4. The van der Waals surface area contributed by atoms with Gasteiger partial charge in [-0.25, -0.2) is 0 Å². The van der Waals surface area contributed by atoms with Crippen molar-refractivity contribution in [2.45, 2.75) is 112 Å². The van der Waals surface area contributed by atoms with Crippen LogP contribution in [0.4, 0.5) is 18.9 Å². The third-order valence-corrected chi connectivity index (χ3v) is 10.3. The largest absolute Gasteiger partial charge is 0.575 e. The summed E-state index contributed by atoms with van der Waals surface area (Å²) in [5, 5.41) is 39.7. The molecule has 18 heteroatoms. The Balaban J connectivity index is 0. The Bertz CT molecular complexity index is 2570. The molecule has 4 aromatic carbocycles. The van der Waals surface area contributed by atoms with Crippen molar-refractivity contribution in [2.75, 3.05) is 27.2 Å². The molecule has 74 heavy (non-hydrogen) atoms. The molecule has 9 N–H and O–H groups in total. The number of carbonyl (C=O) groups is 6. The number of halogens is 3. The molecular weight excluding hydrogens is 962 g/mol. The Morgan fingerprint density at radius 3 is 1.69 bits per heavy atom. The molecule has 0 bridgehead atoms. The summed E-state index contributed by atoms with van der Waals surface area (Å²) in [6.07, 6.45) is 10.5. The number of alkyl halides is 3. The number of aldehydes is 1. The van der Waals surface area contributed by atoms with Crippen LogP contribution in [-0.4, -0.2) is 100 Å². The molecule has 0 radical (unpaired) electrons. The first kappa shape index (κ1) is 68.6. The SMILES string of the molecule is CC(=O)O.CC(=O)OC(F)(F)F.CCC(=O)O.CCCN/C(=C/C=C/C(C)=C/C=C/C1=[N+](CCC=O)c2ccc3ccccc3c2C1(C)C)C(C)(C)c1cccc2ccccc12.CN.CN.O=C(O)CCC(=O)O. The van der Waals surface area contributed by atoms with E-state index < -0.39 is 36.2 Å². The first-order valence-electron chi connectivity index (χ1n) is 23.6. The molecule has 0 amide bonds. The number of nitrogens with two attached hydrogens (primary N) is 2. The number of hydrogen-bond donors (Lipinski definition) is 7. The lowest BCUT2D eigenvalue weighted by Gasteiger charge is -2.31. The van der Waals surface area contributed by atoms with E-state index in [1.165, 1.54) is 69.4 Å². The first-order valence-corrected chi connectivity index (χ1v) is 23.6. The third-order valence-electron chi connectivity index (χ3n) is 10.3. The van der Waals surface area contributed by atoms with Crippen LogP contribution in [-0.2, 0) is 44.3 Å². The van der Waals surface area contributed by atoms with Crippen molar-refractivity contribution in [3.8, 4) is 0 Å². The Labute approximate surface area is 432 Å². The fourth-order valence-corrected chi connectivity index (χ4v) is 7.14. The fourth-order valence-electron chi connectivity index (χ4n) is 7.14. The van der Waals surface area contributed by atoms with E-state index in [1.807, 2.05) is 0 Å². The molecule has 0 aromatic heterocycles. The zero-order valence-electron chi connectivity index (χ0n) is 44.4. The lowest BCUT2D eigenvalue weighted by molar-refractivity contribution is -0.435. The van der Waals surface area contributed by atoms with Gasteiger partial charge in [-0.15, -0.1) is 13.2 Å². The molecule has 0 unspecified atom stereocenters. The minimum absolute atomic E-state index is 0.188. The minimum atomic E-state index is -4.83. The second kappa shape index (κ2) is 35.6. The van der Waals surface area contributed by atoms with Crippen LogP contribution in [0.3, 0.4) is 0 Å². The minimum Gasteiger partial charge on any atom is -0.481 e. The molecule has 5 rings (SSSR count). The van der Waals surface area contributed by atoms with E-state index in [4.69, 9.17) is 25.2 Å². The Hall–Kier alpha value is -7.44. The standard InChI is InChI=1S/C42H46N2O.C4H6O4.C3H3F3O2.C3H6O2.C2H4O2.2CH5N/c1-7-28-43-38(41(3,4)36-23-14-20-32-18-8-10-21-34(32)36)24-12-16-31(2)17-13-25-39-42(5,6)40-35-22-11-9-19-33(35)26-27-37(40)44(39)29-15-30-45;5-3(6)1-2-4(7)8;1-2(7)8-3(4,5)6;1-2-3(4)5;1-2(3)4;2*1-2/h8-14,16-27,30H,7,15,28-29H2,1-6H3;1-2H2,(H,5,6)(H,7,8);1H3;2H2,1H3,(H,4,5);1H3,(H,3,4);2*2H2,1H3/p+1. The topological polar surface area (TPSA) is 260 Å². The van der Waals surface area contributed by atoms with E-state index in [1.54, 1.807) is 6.92 Å². The number of aliphatic carboxylic acids is 4. The van der Waals surface area contributed by atoms with E-state index in [0.29, 0.717) is 19.9 Å². The number of nitrogens with zero attached hydrogens (tertiary/aromatic N) is 1. The highest BCUT2D eigenvalue weighted by Crippen LogP contribution is 2.44. The molecule has 1 aliphatic heterocycles. The highest BCUT2D eigenvalue weighted by molar-refractivity contribution is 6.07. The summed E-state index contributed by atoms with van der Waals surface area (Å²) in [5.74, 6) is -5.08. The van der Waals surface area contributed by atoms with Crippen LogP contribution < -0.4 is 16.8 Å². The normalized spacial score (nSPS) is 12.5. The molecule has 1 aliphatic rings. The van der Waals surface area contributed by atoms with Gasteiger partial charge in [-0.1, -0.05) is 124 Å². The number of esters is 1. The highest BCUT2D eigenvalue weighted by atomic mass is 19.4. The van der Waals surface area contributed by atoms with E-state index >= 15 is 0 Å². The quantitative estimate of drug-likeness (QED) is 0.0238. The Kier molecular flexibility index (Phi) is 33.1. The van der Waals surface area contributed by atoms with Crippen molar-refractivity contribution in [3.05, 3.63) is 138 Å². The highest BCUT2D eigenvalue weighted by Gasteiger charge is 2.45. The number of hydrogen-bond acceptors (Lipinski definition) is 10. The smallest absolute Gasteiger partial charge is 0.481 e. The maximum Gasteiger partial charge on any atom is 0.575 e. The van der Waals surface area contributed by atoms with Gasteiger partial charge in [0.2, 0.25) is 5.69 Å². The summed E-state index contributed by atoms with van der Waals surface area (Å²) in [4.78, 5) is 58.5. The number of ether oxygens (including phenoxy) is 1. The molecule has 4 aromatic rings. The predicted molar refractivity (Wildman–Crippen MR) is 287 cm³/mol. The van der Waals surface area contributed by atoms with Crippen LogP contribution in [0.15, 0.2) is 127 Å². The van der Waals surface area contributed by atoms with Crippen LogP contribution in [0.5, 0.6) is 0 Å². The number of rotatable bonds is 16. The fraction of sp³-hybridized carbons (Fsp3) is 0.375. The number of carboxylic acids is 4. The summed E-state index contributed by atoms with van der Waals surface area (Å²) < 4.78 is 37.7. The number of benzene rings is 4. The van der Waals surface area contributed by atoms with Crippen molar-refractivity contribution in [1.82, 2.24) is 5.32 Å². The van der Waals surface area contributed by atoms with Crippen LogP contribution in [0.2, 0.25) is 0 Å². The van der Waals surface area contributed by atoms with Gasteiger partial charge in [-0.3, -0.25) is 24.0 Å². The number of nitrogens with one attached hydrogen (secondary N) is 1. The van der Waals surface area contributed by atoms with Crippen molar-refractivity contribution >= 4 is 69.1 Å². The summed E-state index contributed by atoms with van der Waals surface area (Å²) in [5.41, 5.74) is 16.1. The van der Waals surface area contributed by atoms with E-state index in [-0.39, 0.29) is 30.1 Å². The number of carboxylic acid groups (broad SMARTS) is 4. The Morgan fingerprint density at radius 2 is 1.23 bits per heavy atom. The predicted octanol–water partition coefficient (Wildman–Crippen LogP) is 10.6. The second-order valence-corrected chi connectivity index (χ2v) is 16.7. The number of allylic oxidation sites excluding steroid dienone is 8. The number of fused-ring (bicyclic) bond motifs is 4. The summed E-state index contributed by atoms with van der Waals surface area (Å²) in [7, 11) is 3.00. The van der Waals surface area contributed by atoms with Gasteiger partial charge < -0.3 is 46.7 Å². The van der Waals surface area contributed by atoms with Crippen LogP contribution >= 0.6 is 0 Å². The van der Waals surface area contributed by atoms with E-state index in [9.17, 15) is 37.1 Å². The van der Waals surface area contributed by atoms with Crippen LogP contribution in [0, 0.1) is 0 Å². The lowest BCUT2D eigenvalue weighted by atomic mass is 9.78. The Morgan fingerprint density at radius 1 is 0.730 bits per heavy atom.